The van der Waals surface area contributed by atoms with Gasteiger partial charge < -0.3 is 10.2 Å². The van der Waals surface area contributed by atoms with Gasteiger partial charge in [0.25, 0.3) is 0 Å². The molecule has 0 radical (unpaired) electrons. The number of nitrogens with one attached hydrogen (secondary N) is 1. The smallest absolute Gasteiger partial charge is 0.322 e. The highest BCUT2D eigenvalue weighted by Gasteiger charge is 2.29. The lowest BCUT2D eigenvalue weighted by Crippen LogP contribution is -2.14. The second-order valence-electron chi connectivity index (χ2n) is 4.78. The Kier molecular flexibility index (Phi) is 3.78. The number of nitrogens with two attached hydrogens (primary N) is 1. The number of rotatable bonds is 5. The van der Waals surface area contributed by atoms with Crippen molar-refractivity contribution in [2.24, 2.45) is 0 Å². The van der Waals surface area contributed by atoms with E-state index in [0.717, 1.165) is 12.8 Å². The maximum absolute atomic E-state index is 13.2. The molecule has 0 atom stereocenters. The molecule has 0 saturated heterocycles. The molecule has 2 aromatic rings. The van der Waals surface area contributed by atoms with Crippen LogP contribution in [0.15, 0.2) is 27.5 Å². The Bertz CT molecular complexity index is 652. The second-order valence-corrected chi connectivity index (χ2v) is 5.83. The Labute approximate surface area is 124 Å². The Morgan fingerprint density at radius 1 is 1.43 bits per heavy atom. The number of nitrogens with zero attached hydrogens (tertiary/aromatic N) is 2. The van der Waals surface area contributed by atoms with Crippen molar-refractivity contribution in [3.63, 3.8) is 0 Å². The van der Waals surface area contributed by atoms with E-state index in [0.29, 0.717) is 22.4 Å². The van der Waals surface area contributed by atoms with Crippen molar-refractivity contribution in [1.82, 2.24) is 10.2 Å². The summed E-state index contributed by atoms with van der Waals surface area (Å²) in [6.45, 7) is 0. The summed E-state index contributed by atoms with van der Waals surface area (Å²) in [5, 5.41) is 10.2. The van der Waals surface area contributed by atoms with E-state index in [-0.39, 0.29) is 17.7 Å². The second kappa shape index (κ2) is 5.72. The summed E-state index contributed by atoms with van der Waals surface area (Å²) in [5.74, 6) is 0.283. The number of nitrogen functional groups attached to an aromatic ring is 1. The van der Waals surface area contributed by atoms with Crippen LogP contribution in [0.1, 0.15) is 24.7 Å². The van der Waals surface area contributed by atoms with E-state index in [1.807, 2.05) is 0 Å². The summed E-state index contributed by atoms with van der Waals surface area (Å²) in [6, 6.07) is 4.26. The van der Waals surface area contributed by atoms with E-state index in [1.54, 1.807) is 6.07 Å². The molecule has 1 aromatic carbocycles. The molecule has 8 heteroatoms. The molecule has 3 N–H and O–H groups in total. The van der Waals surface area contributed by atoms with Crippen LogP contribution in [0.4, 0.5) is 16.1 Å². The highest BCUT2D eigenvalue weighted by Crippen LogP contribution is 2.39. The first-order valence-corrected chi connectivity index (χ1v) is 7.41. The van der Waals surface area contributed by atoms with Gasteiger partial charge in [-0.15, -0.1) is 16.9 Å². The standard InChI is InChI=1S/C13H13FN4O2S/c14-8-3-9(15)5-10(4-8)21-6-11(19)16-13-18-17-12(20-13)7-1-2-7/h3-5,7H,1-2,6,15H2,(H,16,18,19). The summed E-state index contributed by atoms with van der Waals surface area (Å²) in [7, 11) is 0. The van der Waals surface area contributed by atoms with E-state index in [2.05, 4.69) is 15.5 Å². The van der Waals surface area contributed by atoms with Gasteiger partial charge >= 0.3 is 6.01 Å². The normalized spacial score (nSPS) is 14.1. The van der Waals surface area contributed by atoms with E-state index in [4.69, 9.17) is 10.2 Å². The van der Waals surface area contributed by atoms with Gasteiger partial charge in [-0.1, -0.05) is 5.10 Å². The number of amides is 1. The third kappa shape index (κ3) is 3.72. The van der Waals surface area contributed by atoms with Crippen molar-refractivity contribution in [3.8, 4) is 0 Å². The zero-order valence-corrected chi connectivity index (χ0v) is 11.8. The largest absolute Gasteiger partial charge is 0.408 e. The molecule has 0 spiro atoms. The van der Waals surface area contributed by atoms with Gasteiger partial charge in [-0.05, 0) is 31.0 Å². The molecule has 0 bridgehead atoms. The van der Waals surface area contributed by atoms with Crippen LogP contribution in [0.5, 0.6) is 0 Å². The van der Waals surface area contributed by atoms with Crippen molar-refractivity contribution in [3.05, 3.63) is 29.9 Å². The maximum atomic E-state index is 13.2. The van der Waals surface area contributed by atoms with Crippen molar-refractivity contribution < 1.29 is 13.6 Å². The average molecular weight is 308 g/mol. The SMILES string of the molecule is Nc1cc(F)cc(SCC(=O)Nc2nnc(C3CC3)o2)c1. The van der Waals surface area contributed by atoms with Gasteiger partial charge in [-0.25, -0.2) is 4.39 Å². The van der Waals surface area contributed by atoms with Crippen LogP contribution in [0.2, 0.25) is 0 Å². The first-order chi connectivity index (χ1) is 10.1. The summed E-state index contributed by atoms with van der Waals surface area (Å²) < 4.78 is 18.5. The van der Waals surface area contributed by atoms with Crippen molar-refractivity contribution in [2.75, 3.05) is 16.8 Å². The van der Waals surface area contributed by atoms with E-state index in [9.17, 15) is 9.18 Å². The number of benzene rings is 1. The first-order valence-electron chi connectivity index (χ1n) is 6.42. The molecule has 1 amide bonds. The number of halogens is 1. The van der Waals surface area contributed by atoms with Crippen molar-refractivity contribution >= 4 is 29.4 Å². The van der Waals surface area contributed by atoms with Gasteiger partial charge in [0.05, 0.1) is 5.75 Å². The fraction of sp³-hybridized carbons (Fsp3) is 0.308. The number of anilines is 2. The van der Waals surface area contributed by atoms with Crippen molar-refractivity contribution in [2.45, 2.75) is 23.7 Å². The molecular formula is C13H13FN4O2S. The highest BCUT2D eigenvalue weighted by atomic mass is 32.2. The summed E-state index contributed by atoms with van der Waals surface area (Å²) in [4.78, 5) is 12.4. The van der Waals surface area contributed by atoms with Crippen LogP contribution in [0, 0.1) is 5.82 Å². The summed E-state index contributed by atoms with van der Waals surface area (Å²) >= 11 is 1.18. The van der Waals surface area contributed by atoms with Gasteiger partial charge in [-0.2, -0.15) is 0 Å². The lowest BCUT2D eigenvalue weighted by molar-refractivity contribution is -0.113. The third-order valence-electron chi connectivity index (χ3n) is 2.88. The van der Waals surface area contributed by atoms with Crippen molar-refractivity contribution in [1.29, 1.82) is 0 Å². The summed E-state index contributed by atoms with van der Waals surface area (Å²) in [5.41, 5.74) is 5.86. The number of carbonyl (C=O) groups is 1. The number of aromatic nitrogens is 2. The number of hydrogen-bond donors (Lipinski definition) is 2. The molecule has 1 aliphatic rings. The lowest BCUT2D eigenvalue weighted by Gasteiger charge is -2.03. The molecule has 1 aliphatic carbocycles. The Morgan fingerprint density at radius 2 is 2.24 bits per heavy atom. The van der Waals surface area contributed by atoms with E-state index < -0.39 is 5.82 Å². The van der Waals surface area contributed by atoms with E-state index >= 15 is 0 Å². The number of carbonyl (C=O) groups excluding carboxylic acids is 1. The van der Waals surface area contributed by atoms with Crippen LogP contribution in [0.25, 0.3) is 0 Å². The Morgan fingerprint density at radius 3 is 2.95 bits per heavy atom. The molecule has 0 unspecified atom stereocenters. The minimum Gasteiger partial charge on any atom is -0.408 e. The predicted octanol–water partition coefficient (Wildman–Crippen LogP) is 2.40. The lowest BCUT2D eigenvalue weighted by atomic mass is 10.3. The molecule has 1 aromatic heterocycles. The third-order valence-corrected chi connectivity index (χ3v) is 3.85. The zero-order valence-electron chi connectivity index (χ0n) is 11.0. The molecule has 1 saturated carbocycles. The van der Waals surface area contributed by atoms with E-state index in [1.165, 1.54) is 23.9 Å². The highest BCUT2D eigenvalue weighted by molar-refractivity contribution is 8.00. The Balaban J connectivity index is 1.53. The van der Waals surface area contributed by atoms with Gasteiger partial charge in [0.2, 0.25) is 11.8 Å². The van der Waals surface area contributed by atoms with Crippen LogP contribution < -0.4 is 11.1 Å². The maximum Gasteiger partial charge on any atom is 0.322 e. The fourth-order valence-corrected chi connectivity index (χ4v) is 2.54. The fourth-order valence-electron chi connectivity index (χ4n) is 1.75. The van der Waals surface area contributed by atoms with Gasteiger partial charge in [0, 0.05) is 16.5 Å². The topological polar surface area (TPSA) is 94.0 Å². The van der Waals surface area contributed by atoms with Gasteiger partial charge in [-0.3, -0.25) is 10.1 Å². The average Bonchev–Trinajstić information content (AvgIpc) is 3.17. The minimum absolute atomic E-state index is 0.0984. The number of hydrogen-bond acceptors (Lipinski definition) is 6. The monoisotopic (exact) mass is 308 g/mol. The molecule has 110 valence electrons. The molecule has 3 rings (SSSR count). The Hall–Kier alpha value is -2.09. The van der Waals surface area contributed by atoms with Crippen LogP contribution in [-0.4, -0.2) is 21.9 Å². The van der Waals surface area contributed by atoms with Crippen LogP contribution >= 0.6 is 11.8 Å². The molecule has 1 heterocycles. The molecular weight excluding hydrogens is 295 g/mol. The first kappa shape index (κ1) is 13.9. The molecule has 6 nitrogen and oxygen atoms in total. The number of thioether (sulfide) groups is 1. The van der Waals surface area contributed by atoms with Crippen LogP contribution in [-0.2, 0) is 4.79 Å². The van der Waals surface area contributed by atoms with Gasteiger partial charge in [0.1, 0.15) is 5.82 Å². The zero-order chi connectivity index (χ0) is 14.8. The minimum atomic E-state index is -0.427. The molecule has 0 aliphatic heterocycles. The quantitative estimate of drug-likeness (QED) is 0.650. The van der Waals surface area contributed by atoms with Gasteiger partial charge in [0.15, 0.2) is 0 Å². The predicted molar refractivity (Wildman–Crippen MR) is 76.4 cm³/mol. The molecule has 21 heavy (non-hydrogen) atoms. The molecule has 1 fully saturated rings. The van der Waals surface area contributed by atoms with Crippen LogP contribution in [0.3, 0.4) is 0 Å². The summed E-state index contributed by atoms with van der Waals surface area (Å²) in [6.07, 6.45) is 2.10.